The van der Waals surface area contributed by atoms with Crippen molar-refractivity contribution in [3.8, 4) is 0 Å². The van der Waals surface area contributed by atoms with Crippen molar-refractivity contribution in [2.24, 2.45) is 5.92 Å². The third-order valence-electron chi connectivity index (χ3n) is 2.87. The SMILES string of the molecule is CC(C)C(=O)NCCNC(=O)C1CCCCN1. The second-order valence-corrected chi connectivity index (χ2v) is 4.74. The zero-order valence-corrected chi connectivity index (χ0v) is 10.7. The molecule has 0 spiro atoms. The molecule has 0 bridgehead atoms. The minimum Gasteiger partial charge on any atom is -0.354 e. The van der Waals surface area contributed by atoms with Crippen LogP contribution in [0.5, 0.6) is 0 Å². The van der Waals surface area contributed by atoms with Crippen LogP contribution in [0.2, 0.25) is 0 Å². The Bertz CT molecular complexity index is 260. The molecule has 1 saturated heterocycles. The van der Waals surface area contributed by atoms with Crippen molar-refractivity contribution in [3.05, 3.63) is 0 Å². The standard InChI is InChI=1S/C12H23N3O2/c1-9(2)11(16)14-7-8-15-12(17)10-5-3-4-6-13-10/h9-10,13H,3-8H2,1-2H3,(H,14,16)(H,15,17). The first-order valence-electron chi connectivity index (χ1n) is 6.40. The van der Waals surface area contributed by atoms with Crippen molar-refractivity contribution in [3.63, 3.8) is 0 Å². The molecule has 1 atom stereocenters. The molecule has 1 rings (SSSR count). The lowest BCUT2D eigenvalue weighted by atomic mass is 10.0. The summed E-state index contributed by atoms with van der Waals surface area (Å²) in [7, 11) is 0. The van der Waals surface area contributed by atoms with E-state index in [0.717, 1.165) is 25.8 Å². The van der Waals surface area contributed by atoms with E-state index in [0.29, 0.717) is 13.1 Å². The summed E-state index contributed by atoms with van der Waals surface area (Å²) in [6.07, 6.45) is 3.16. The Balaban J connectivity index is 2.09. The predicted octanol–water partition coefficient (Wildman–Crippen LogP) is 0.0169. The lowest BCUT2D eigenvalue weighted by Crippen LogP contribution is -2.48. The van der Waals surface area contributed by atoms with Gasteiger partial charge in [-0.2, -0.15) is 0 Å². The van der Waals surface area contributed by atoms with Gasteiger partial charge in [0.15, 0.2) is 0 Å². The Morgan fingerprint density at radius 3 is 2.53 bits per heavy atom. The van der Waals surface area contributed by atoms with Crippen molar-refractivity contribution in [1.82, 2.24) is 16.0 Å². The van der Waals surface area contributed by atoms with Gasteiger partial charge in [0.25, 0.3) is 0 Å². The maximum Gasteiger partial charge on any atom is 0.237 e. The normalized spacial score (nSPS) is 20.1. The van der Waals surface area contributed by atoms with E-state index in [1.165, 1.54) is 0 Å². The van der Waals surface area contributed by atoms with Gasteiger partial charge in [-0.15, -0.1) is 0 Å². The molecule has 0 radical (unpaired) electrons. The topological polar surface area (TPSA) is 70.2 Å². The number of nitrogens with one attached hydrogen (secondary N) is 3. The zero-order valence-electron chi connectivity index (χ0n) is 10.7. The molecule has 98 valence electrons. The summed E-state index contributed by atoms with van der Waals surface area (Å²) in [5, 5.41) is 8.78. The zero-order chi connectivity index (χ0) is 12.7. The molecule has 0 aromatic heterocycles. The third-order valence-corrected chi connectivity index (χ3v) is 2.87. The summed E-state index contributed by atoms with van der Waals surface area (Å²) in [6, 6.07) is -0.0513. The van der Waals surface area contributed by atoms with E-state index in [-0.39, 0.29) is 23.8 Å². The summed E-state index contributed by atoms with van der Waals surface area (Å²) in [6.45, 7) is 5.60. The average molecular weight is 241 g/mol. The Morgan fingerprint density at radius 2 is 1.94 bits per heavy atom. The van der Waals surface area contributed by atoms with Crippen molar-refractivity contribution in [1.29, 1.82) is 0 Å². The van der Waals surface area contributed by atoms with Crippen LogP contribution in [0.4, 0.5) is 0 Å². The third kappa shape index (κ3) is 5.17. The molecule has 1 aliphatic heterocycles. The van der Waals surface area contributed by atoms with Crippen LogP contribution in [0.1, 0.15) is 33.1 Å². The van der Waals surface area contributed by atoms with Crippen LogP contribution in [-0.2, 0) is 9.59 Å². The number of carbonyl (C=O) groups excluding carboxylic acids is 2. The molecular formula is C12H23N3O2. The van der Waals surface area contributed by atoms with Gasteiger partial charge in [0, 0.05) is 19.0 Å². The first-order chi connectivity index (χ1) is 8.11. The Kier molecular flexibility index (Phi) is 5.97. The van der Waals surface area contributed by atoms with Crippen molar-refractivity contribution in [2.45, 2.75) is 39.2 Å². The van der Waals surface area contributed by atoms with Gasteiger partial charge >= 0.3 is 0 Å². The largest absolute Gasteiger partial charge is 0.354 e. The van der Waals surface area contributed by atoms with E-state index < -0.39 is 0 Å². The van der Waals surface area contributed by atoms with Crippen molar-refractivity contribution in [2.75, 3.05) is 19.6 Å². The summed E-state index contributed by atoms with van der Waals surface area (Å²) in [5.41, 5.74) is 0. The van der Waals surface area contributed by atoms with E-state index in [4.69, 9.17) is 0 Å². The molecular weight excluding hydrogens is 218 g/mol. The number of amides is 2. The molecule has 5 nitrogen and oxygen atoms in total. The fourth-order valence-electron chi connectivity index (χ4n) is 1.77. The fourth-order valence-corrected chi connectivity index (χ4v) is 1.77. The molecule has 1 unspecified atom stereocenters. The van der Waals surface area contributed by atoms with Gasteiger partial charge in [-0.25, -0.2) is 0 Å². The molecule has 2 amide bonds. The van der Waals surface area contributed by atoms with Gasteiger partial charge in [0.05, 0.1) is 6.04 Å². The first-order valence-corrected chi connectivity index (χ1v) is 6.40. The van der Waals surface area contributed by atoms with Crippen LogP contribution in [-0.4, -0.2) is 37.5 Å². The monoisotopic (exact) mass is 241 g/mol. The molecule has 0 aliphatic carbocycles. The minimum absolute atomic E-state index is 0.00860. The minimum atomic E-state index is -0.0513. The second-order valence-electron chi connectivity index (χ2n) is 4.74. The van der Waals surface area contributed by atoms with Gasteiger partial charge in [0.2, 0.25) is 11.8 Å². The van der Waals surface area contributed by atoms with Crippen molar-refractivity contribution < 1.29 is 9.59 Å². The highest BCUT2D eigenvalue weighted by Gasteiger charge is 2.19. The highest BCUT2D eigenvalue weighted by Crippen LogP contribution is 2.06. The molecule has 0 aromatic rings. The molecule has 0 saturated carbocycles. The summed E-state index contributed by atoms with van der Waals surface area (Å²) < 4.78 is 0. The van der Waals surface area contributed by atoms with Crippen LogP contribution >= 0.6 is 0 Å². The van der Waals surface area contributed by atoms with E-state index >= 15 is 0 Å². The van der Waals surface area contributed by atoms with Gasteiger partial charge < -0.3 is 16.0 Å². The summed E-state index contributed by atoms with van der Waals surface area (Å²) in [4.78, 5) is 22.9. The van der Waals surface area contributed by atoms with Gasteiger partial charge in [-0.1, -0.05) is 20.3 Å². The van der Waals surface area contributed by atoms with E-state index in [1.54, 1.807) is 0 Å². The Hall–Kier alpha value is -1.10. The molecule has 1 fully saturated rings. The first kappa shape index (κ1) is 14.0. The molecule has 0 aromatic carbocycles. The highest BCUT2D eigenvalue weighted by molar-refractivity contribution is 5.82. The lowest BCUT2D eigenvalue weighted by Gasteiger charge is -2.22. The average Bonchev–Trinajstić information content (AvgIpc) is 2.35. The van der Waals surface area contributed by atoms with Gasteiger partial charge in [-0.05, 0) is 19.4 Å². The van der Waals surface area contributed by atoms with Crippen molar-refractivity contribution >= 4 is 11.8 Å². The van der Waals surface area contributed by atoms with Gasteiger partial charge in [-0.3, -0.25) is 9.59 Å². The molecule has 1 aliphatic rings. The predicted molar refractivity (Wildman–Crippen MR) is 66.5 cm³/mol. The number of hydrogen-bond acceptors (Lipinski definition) is 3. The highest BCUT2D eigenvalue weighted by atomic mass is 16.2. The fraction of sp³-hybridized carbons (Fsp3) is 0.833. The van der Waals surface area contributed by atoms with Crippen LogP contribution in [0.15, 0.2) is 0 Å². The van der Waals surface area contributed by atoms with E-state index in [9.17, 15) is 9.59 Å². The number of rotatable bonds is 5. The smallest absolute Gasteiger partial charge is 0.237 e. The number of carbonyl (C=O) groups is 2. The Morgan fingerprint density at radius 1 is 1.24 bits per heavy atom. The summed E-state index contributed by atoms with van der Waals surface area (Å²) >= 11 is 0. The molecule has 5 heteroatoms. The van der Waals surface area contributed by atoms with Crippen LogP contribution < -0.4 is 16.0 Å². The number of piperidine rings is 1. The second kappa shape index (κ2) is 7.27. The van der Waals surface area contributed by atoms with Crippen LogP contribution in [0.25, 0.3) is 0 Å². The lowest BCUT2D eigenvalue weighted by molar-refractivity contribution is -0.125. The van der Waals surface area contributed by atoms with E-state index in [1.807, 2.05) is 13.8 Å². The molecule has 1 heterocycles. The maximum absolute atomic E-state index is 11.7. The number of hydrogen-bond donors (Lipinski definition) is 3. The van der Waals surface area contributed by atoms with Crippen LogP contribution in [0, 0.1) is 5.92 Å². The summed E-state index contributed by atoms with van der Waals surface area (Å²) in [5.74, 6) is 0.0595. The maximum atomic E-state index is 11.7. The Labute approximate surface area is 103 Å². The van der Waals surface area contributed by atoms with E-state index in [2.05, 4.69) is 16.0 Å². The van der Waals surface area contributed by atoms with Crippen LogP contribution in [0.3, 0.4) is 0 Å². The molecule has 17 heavy (non-hydrogen) atoms. The quantitative estimate of drug-likeness (QED) is 0.594. The van der Waals surface area contributed by atoms with Gasteiger partial charge in [0.1, 0.15) is 0 Å². The molecule has 3 N–H and O–H groups in total.